The molecule has 0 aliphatic heterocycles. The molecule has 2 N–H and O–H groups in total. The summed E-state index contributed by atoms with van der Waals surface area (Å²) in [6.07, 6.45) is 0.968. The van der Waals surface area contributed by atoms with Gasteiger partial charge in [-0.15, -0.1) is 0 Å². The van der Waals surface area contributed by atoms with E-state index in [1.165, 1.54) is 0 Å². The first kappa shape index (κ1) is 11.9. The Bertz CT molecular complexity index is 341. The number of hydrogen-bond donors (Lipinski definition) is 2. The highest BCUT2D eigenvalue weighted by atomic mass is 35.5. The molecule has 0 unspecified atom stereocenters. The standard InChI is InChI=1S/C11H15ClN2O/c1-3-8-13-9(2)14(15)11-7-5-4-6-10(11)12/h4-7,13,15H,2-3,8H2,1H3. The van der Waals surface area contributed by atoms with E-state index in [1.54, 1.807) is 18.2 Å². The van der Waals surface area contributed by atoms with E-state index in [4.69, 9.17) is 11.6 Å². The van der Waals surface area contributed by atoms with Gasteiger partial charge in [0, 0.05) is 6.54 Å². The van der Waals surface area contributed by atoms with Crippen molar-refractivity contribution in [2.24, 2.45) is 0 Å². The van der Waals surface area contributed by atoms with Gasteiger partial charge in [-0.2, -0.15) is 0 Å². The van der Waals surface area contributed by atoms with E-state index in [0.717, 1.165) is 18.0 Å². The van der Waals surface area contributed by atoms with Gasteiger partial charge in [0.25, 0.3) is 0 Å². The van der Waals surface area contributed by atoms with E-state index in [2.05, 4.69) is 11.9 Å². The summed E-state index contributed by atoms with van der Waals surface area (Å²) < 4.78 is 0. The average Bonchev–Trinajstić information content (AvgIpc) is 2.25. The summed E-state index contributed by atoms with van der Waals surface area (Å²) in [4.78, 5) is 0. The summed E-state index contributed by atoms with van der Waals surface area (Å²) in [5.41, 5.74) is 0.521. The number of rotatable bonds is 5. The summed E-state index contributed by atoms with van der Waals surface area (Å²) >= 11 is 5.93. The molecule has 4 heteroatoms. The fraction of sp³-hybridized carbons (Fsp3) is 0.273. The predicted octanol–water partition coefficient (Wildman–Crippen LogP) is 3.01. The van der Waals surface area contributed by atoms with Crippen molar-refractivity contribution in [1.82, 2.24) is 5.32 Å². The topological polar surface area (TPSA) is 35.5 Å². The zero-order chi connectivity index (χ0) is 11.3. The number of anilines is 1. The number of hydrogen-bond acceptors (Lipinski definition) is 3. The third-order valence-corrected chi connectivity index (χ3v) is 2.23. The van der Waals surface area contributed by atoms with Crippen molar-refractivity contribution in [3.05, 3.63) is 41.7 Å². The average molecular weight is 227 g/mol. The van der Waals surface area contributed by atoms with Crippen LogP contribution in [0.25, 0.3) is 0 Å². The zero-order valence-electron chi connectivity index (χ0n) is 8.70. The van der Waals surface area contributed by atoms with Crippen LogP contribution < -0.4 is 10.4 Å². The monoisotopic (exact) mass is 226 g/mol. The van der Waals surface area contributed by atoms with Crippen LogP contribution in [0.2, 0.25) is 5.02 Å². The SMILES string of the molecule is C=C(NCCC)N(O)c1ccccc1Cl. The van der Waals surface area contributed by atoms with Crippen molar-refractivity contribution in [3.8, 4) is 0 Å². The molecule has 0 radical (unpaired) electrons. The van der Waals surface area contributed by atoms with Crippen molar-refractivity contribution in [2.75, 3.05) is 11.6 Å². The van der Waals surface area contributed by atoms with E-state index < -0.39 is 0 Å². The summed E-state index contributed by atoms with van der Waals surface area (Å²) in [7, 11) is 0. The Hall–Kier alpha value is -1.19. The maximum absolute atomic E-state index is 9.78. The quantitative estimate of drug-likeness (QED) is 0.758. The zero-order valence-corrected chi connectivity index (χ0v) is 9.46. The van der Waals surface area contributed by atoms with Crippen LogP contribution in [-0.2, 0) is 0 Å². The maximum atomic E-state index is 9.78. The Balaban J connectivity index is 2.72. The van der Waals surface area contributed by atoms with Gasteiger partial charge in [0.05, 0.1) is 10.7 Å². The first-order valence-electron chi connectivity index (χ1n) is 4.83. The second-order valence-corrected chi connectivity index (χ2v) is 3.54. The Morgan fingerprint density at radius 1 is 1.53 bits per heavy atom. The highest BCUT2D eigenvalue weighted by Crippen LogP contribution is 2.25. The molecule has 1 aromatic rings. The summed E-state index contributed by atoms with van der Waals surface area (Å²) in [6, 6.07) is 7.05. The van der Waals surface area contributed by atoms with Gasteiger partial charge in [-0.1, -0.05) is 37.2 Å². The van der Waals surface area contributed by atoms with Crippen LogP contribution in [0.5, 0.6) is 0 Å². The molecule has 0 amide bonds. The van der Waals surface area contributed by atoms with E-state index in [-0.39, 0.29) is 0 Å². The Labute approximate surface area is 94.9 Å². The molecule has 1 rings (SSSR count). The van der Waals surface area contributed by atoms with Gasteiger partial charge in [0.1, 0.15) is 5.82 Å². The molecule has 0 saturated heterocycles. The molecular weight excluding hydrogens is 212 g/mol. The number of benzene rings is 1. The third kappa shape index (κ3) is 3.15. The van der Waals surface area contributed by atoms with E-state index >= 15 is 0 Å². The van der Waals surface area contributed by atoms with Crippen molar-refractivity contribution in [2.45, 2.75) is 13.3 Å². The number of nitrogens with zero attached hydrogens (tertiary/aromatic N) is 1. The normalized spacial score (nSPS) is 9.80. The first-order valence-corrected chi connectivity index (χ1v) is 5.21. The molecule has 0 aromatic heterocycles. The molecule has 3 nitrogen and oxygen atoms in total. The molecule has 15 heavy (non-hydrogen) atoms. The van der Waals surface area contributed by atoms with Gasteiger partial charge in [-0.25, -0.2) is 5.06 Å². The van der Waals surface area contributed by atoms with Gasteiger partial charge in [-0.05, 0) is 18.6 Å². The van der Waals surface area contributed by atoms with Crippen molar-refractivity contribution < 1.29 is 5.21 Å². The van der Waals surface area contributed by atoms with Gasteiger partial charge < -0.3 is 5.32 Å². The number of halogens is 1. The van der Waals surface area contributed by atoms with E-state index in [0.29, 0.717) is 16.5 Å². The lowest BCUT2D eigenvalue weighted by molar-refractivity contribution is 0.275. The van der Waals surface area contributed by atoms with E-state index in [9.17, 15) is 5.21 Å². The number of nitrogens with one attached hydrogen (secondary N) is 1. The lowest BCUT2D eigenvalue weighted by Crippen LogP contribution is -2.28. The predicted molar refractivity (Wildman–Crippen MR) is 63.2 cm³/mol. The molecule has 1 aromatic carbocycles. The Morgan fingerprint density at radius 3 is 2.80 bits per heavy atom. The van der Waals surface area contributed by atoms with Crippen LogP contribution >= 0.6 is 11.6 Å². The lowest BCUT2D eigenvalue weighted by atomic mass is 10.3. The molecule has 0 bridgehead atoms. The van der Waals surface area contributed by atoms with Crippen LogP contribution in [0, 0.1) is 0 Å². The fourth-order valence-corrected chi connectivity index (χ4v) is 1.33. The summed E-state index contributed by atoms with van der Waals surface area (Å²) in [5.74, 6) is 0.421. The molecule has 0 fully saturated rings. The van der Waals surface area contributed by atoms with Crippen LogP contribution in [0.1, 0.15) is 13.3 Å². The second-order valence-electron chi connectivity index (χ2n) is 3.14. The Morgan fingerprint density at radius 2 is 2.20 bits per heavy atom. The van der Waals surface area contributed by atoms with Gasteiger partial charge in [0.15, 0.2) is 0 Å². The Kier molecular flexibility index (Phi) is 4.46. The molecule has 0 spiro atoms. The summed E-state index contributed by atoms with van der Waals surface area (Å²) in [5, 5.41) is 14.2. The third-order valence-electron chi connectivity index (χ3n) is 1.92. The highest BCUT2D eigenvalue weighted by molar-refractivity contribution is 6.33. The van der Waals surface area contributed by atoms with Gasteiger partial charge >= 0.3 is 0 Å². The van der Waals surface area contributed by atoms with Crippen molar-refractivity contribution >= 4 is 17.3 Å². The highest BCUT2D eigenvalue weighted by Gasteiger charge is 2.09. The minimum Gasteiger partial charge on any atom is -0.370 e. The maximum Gasteiger partial charge on any atom is 0.124 e. The summed E-state index contributed by atoms with van der Waals surface area (Å²) in [6.45, 7) is 6.52. The molecule has 0 saturated carbocycles. The lowest BCUT2D eigenvalue weighted by Gasteiger charge is -2.21. The van der Waals surface area contributed by atoms with Crippen LogP contribution in [-0.4, -0.2) is 11.8 Å². The second kappa shape index (κ2) is 5.63. The largest absolute Gasteiger partial charge is 0.370 e. The van der Waals surface area contributed by atoms with E-state index in [1.807, 2.05) is 13.0 Å². The molecule has 82 valence electrons. The minimum atomic E-state index is 0.421. The minimum absolute atomic E-state index is 0.421. The molecule has 0 aliphatic rings. The number of para-hydroxylation sites is 1. The fourth-order valence-electron chi connectivity index (χ4n) is 1.11. The smallest absolute Gasteiger partial charge is 0.124 e. The van der Waals surface area contributed by atoms with Crippen molar-refractivity contribution in [1.29, 1.82) is 0 Å². The number of hydroxylamine groups is 1. The van der Waals surface area contributed by atoms with Gasteiger partial charge in [-0.3, -0.25) is 5.21 Å². The molecule has 0 aliphatic carbocycles. The molecular formula is C11H15ClN2O. The van der Waals surface area contributed by atoms with Crippen LogP contribution in [0.3, 0.4) is 0 Å². The first-order chi connectivity index (χ1) is 7.16. The van der Waals surface area contributed by atoms with Crippen molar-refractivity contribution in [3.63, 3.8) is 0 Å². The van der Waals surface area contributed by atoms with Crippen LogP contribution in [0.15, 0.2) is 36.7 Å². The van der Waals surface area contributed by atoms with Crippen LogP contribution in [0.4, 0.5) is 5.69 Å². The molecule has 0 atom stereocenters. The molecule has 0 heterocycles. The van der Waals surface area contributed by atoms with Gasteiger partial charge in [0.2, 0.25) is 0 Å².